The molecule has 0 unspecified atom stereocenters. The highest BCUT2D eigenvalue weighted by atomic mass is 35.5. The third kappa shape index (κ3) is 3.13. The SMILES string of the molecule is CC1CCN(c2sc(N)cc2C(=O)c2ccc(Cl)cc2)CC1. The van der Waals surface area contributed by atoms with E-state index in [1.165, 1.54) is 11.3 Å². The first-order chi connectivity index (χ1) is 10.5. The summed E-state index contributed by atoms with van der Waals surface area (Å²) in [6, 6.07) is 8.82. The minimum Gasteiger partial charge on any atom is -0.391 e. The molecule has 0 saturated carbocycles. The van der Waals surface area contributed by atoms with E-state index >= 15 is 0 Å². The van der Waals surface area contributed by atoms with Crippen molar-refractivity contribution < 1.29 is 4.79 Å². The molecule has 1 aromatic heterocycles. The predicted octanol–water partition coefficient (Wildman–Crippen LogP) is 4.45. The zero-order chi connectivity index (χ0) is 15.7. The van der Waals surface area contributed by atoms with Crippen molar-refractivity contribution in [3.05, 3.63) is 46.5 Å². The largest absolute Gasteiger partial charge is 0.391 e. The van der Waals surface area contributed by atoms with Gasteiger partial charge in [0.05, 0.1) is 10.6 Å². The molecule has 0 bridgehead atoms. The fourth-order valence-electron chi connectivity index (χ4n) is 2.77. The van der Waals surface area contributed by atoms with Crippen molar-refractivity contribution in [3.63, 3.8) is 0 Å². The molecule has 1 fully saturated rings. The summed E-state index contributed by atoms with van der Waals surface area (Å²) in [5, 5.41) is 2.32. The van der Waals surface area contributed by atoms with Crippen molar-refractivity contribution >= 4 is 38.7 Å². The zero-order valence-corrected chi connectivity index (χ0v) is 14.1. The number of hydrogen-bond acceptors (Lipinski definition) is 4. The number of nitrogens with two attached hydrogens (primary N) is 1. The molecule has 1 aliphatic rings. The number of rotatable bonds is 3. The van der Waals surface area contributed by atoms with Crippen molar-refractivity contribution in [2.75, 3.05) is 23.7 Å². The molecule has 1 aromatic carbocycles. The van der Waals surface area contributed by atoms with Crippen LogP contribution in [0.3, 0.4) is 0 Å². The second-order valence-corrected chi connectivity index (χ2v) is 7.37. The standard InChI is InChI=1S/C17H19ClN2OS/c1-11-6-8-20(9-7-11)17-14(10-15(19)22-17)16(21)12-2-4-13(18)5-3-12/h2-5,10-11H,6-9,19H2,1H3. The molecule has 0 aliphatic carbocycles. The summed E-state index contributed by atoms with van der Waals surface area (Å²) >= 11 is 7.40. The Kier molecular flexibility index (Phi) is 4.41. The van der Waals surface area contributed by atoms with E-state index < -0.39 is 0 Å². The van der Waals surface area contributed by atoms with Crippen LogP contribution in [0.2, 0.25) is 5.02 Å². The van der Waals surface area contributed by atoms with Gasteiger partial charge in [-0.2, -0.15) is 0 Å². The summed E-state index contributed by atoms with van der Waals surface area (Å²) in [6.07, 6.45) is 2.32. The molecule has 5 heteroatoms. The fourth-order valence-corrected chi connectivity index (χ4v) is 3.87. The Morgan fingerprint density at radius 1 is 1.27 bits per heavy atom. The van der Waals surface area contributed by atoms with Crippen LogP contribution < -0.4 is 10.6 Å². The van der Waals surface area contributed by atoms with E-state index in [1.54, 1.807) is 30.3 Å². The van der Waals surface area contributed by atoms with Crippen molar-refractivity contribution in [2.45, 2.75) is 19.8 Å². The molecular formula is C17H19ClN2OS. The van der Waals surface area contributed by atoms with Gasteiger partial charge in [-0.15, -0.1) is 11.3 Å². The molecule has 2 aromatic rings. The van der Waals surface area contributed by atoms with Crippen LogP contribution >= 0.6 is 22.9 Å². The summed E-state index contributed by atoms with van der Waals surface area (Å²) < 4.78 is 0. The van der Waals surface area contributed by atoms with Gasteiger partial charge in [0.15, 0.2) is 5.78 Å². The number of halogens is 1. The number of thiophene rings is 1. The highest BCUT2D eigenvalue weighted by molar-refractivity contribution is 7.20. The minimum absolute atomic E-state index is 0.0123. The summed E-state index contributed by atoms with van der Waals surface area (Å²) in [7, 11) is 0. The Bertz CT molecular complexity index is 672. The molecule has 22 heavy (non-hydrogen) atoms. The number of ketones is 1. The average molecular weight is 335 g/mol. The van der Waals surface area contributed by atoms with E-state index in [4.69, 9.17) is 17.3 Å². The molecule has 2 heterocycles. The van der Waals surface area contributed by atoms with E-state index in [0.717, 1.165) is 36.9 Å². The number of carbonyl (C=O) groups excluding carboxylic acids is 1. The zero-order valence-electron chi connectivity index (χ0n) is 12.5. The van der Waals surface area contributed by atoms with Crippen LogP contribution in [0.4, 0.5) is 10.0 Å². The molecule has 3 nitrogen and oxygen atoms in total. The normalized spacial score (nSPS) is 16.0. The summed E-state index contributed by atoms with van der Waals surface area (Å²) in [5.41, 5.74) is 7.33. The average Bonchev–Trinajstić information content (AvgIpc) is 2.90. The lowest BCUT2D eigenvalue weighted by Crippen LogP contribution is -2.33. The first kappa shape index (κ1) is 15.4. The minimum atomic E-state index is 0.0123. The number of carbonyl (C=O) groups is 1. The summed E-state index contributed by atoms with van der Waals surface area (Å²) in [6.45, 7) is 4.25. The van der Waals surface area contributed by atoms with Crippen LogP contribution in [0.5, 0.6) is 0 Å². The second kappa shape index (κ2) is 6.31. The highest BCUT2D eigenvalue weighted by Crippen LogP contribution is 2.37. The van der Waals surface area contributed by atoms with Gasteiger partial charge in [-0.1, -0.05) is 18.5 Å². The maximum absolute atomic E-state index is 12.8. The molecule has 2 N–H and O–H groups in total. The van der Waals surface area contributed by atoms with Crippen molar-refractivity contribution in [2.24, 2.45) is 5.92 Å². The molecule has 0 radical (unpaired) electrons. The van der Waals surface area contributed by atoms with Crippen LogP contribution in [-0.2, 0) is 0 Å². The Balaban J connectivity index is 1.90. The molecule has 0 spiro atoms. The lowest BCUT2D eigenvalue weighted by Gasteiger charge is -2.31. The predicted molar refractivity (Wildman–Crippen MR) is 94.2 cm³/mol. The van der Waals surface area contributed by atoms with Gasteiger partial charge in [0, 0.05) is 23.7 Å². The first-order valence-electron chi connectivity index (χ1n) is 7.49. The van der Waals surface area contributed by atoms with Crippen LogP contribution in [0.1, 0.15) is 35.7 Å². The van der Waals surface area contributed by atoms with Crippen LogP contribution in [0, 0.1) is 5.92 Å². The molecule has 1 saturated heterocycles. The second-order valence-electron chi connectivity index (χ2n) is 5.87. The van der Waals surface area contributed by atoms with E-state index in [-0.39, 0.29) is 5.78 Å². The van der Waals surface area contributed by atoms with E-state index in [1.807, 2.05) is 0 Å². The quantitative estimate of drug-likeness (QED) is 0.843. The van der Waals surface area contributed by atoms with E-state index in [2.05, 4.69) is 11.8 Å². The number of hydrogen-bond donors (Lipinski definition) is 1. The van der Waals surface area contributed by atoms with Gasteiger partial charge in [-0.05, 0) is 49.1 Å². The monoisotopic (exact) mass is 334 g/mol. The first-order valence-corrected chi connectivity index (χ1v) is 8.68. The van der Waals surface area contributed by atoms with Gasteiger partial charge < -0.3 is 10.6 Å². The summed E-state index contributed by atoms with van der Waals surface area (Å²) in [5.74, 6) is 0.766. The van der Waals surface area contributed by atoms with Crippen LogP contribution in [0.25, 0.3) is 0 Å². The Morgan fingerprint density at radius 2 is 1.91 bits per heavy atom. The number of nitrogen functional groups attached to an aromatic ring is 1. The lowest BCUT2D eigenvalue weighted by atomic mass is 9.98. The third-order valence-corrected chi connectivity index (χ3v) is 5.43. The maximum atomic E-state index is 12.8. The Hall–Kier alpha value is -1.52. The highest BCUT2D eigenvalue weighted by Gasteiger charge is 2.24. The van der Waals surface area contributed by atoms with Gasteiger partial charge in [0.2, 0.25) is 0 Å². The van der Waals surface area contributed by atoms with Crippen LogP contribution in [-0.4, -0.2) is 18.9 Å². The number of benzene rings is 1. The van der Waals surface area contributed by atoms with Gasteiger partial charge >= 0.3 is 0 Å². The molecule has 3 rings (SSSR count). The van der Waals surface area contributed by atoms with Gasteiger partial charge in [0.1, 0.15) is 5.00 Å². The Labute approximate surface area is 139 Å². The van der Waals surface area contributed by atoms with Crippen molar-refractivity contribution in [1.82, 2.24) is 0 Å². The van der Waals surface area contributed by atoms with Crippen LogP contribution in [0.15, 0.2) is 30.3 Å². The topological polar surface area (TPSA) is 46.3 Å². The molecule has 0 atom stereocenters. The molecular weight excluding hydrogens is 316 g/mol. The van der Waals surface area contributed by atoms with E-state index in [9.17, 15) is 4.79 Å². The smallest absolute Gasteiger partial charge is 0.196 e. The Morgan fingerprint density at radius 3 is 2.55 bits per heavy atom. The molecule has 1 aliphatic heterocycles. The number of nitrogens with zero attached hydrogens (tertiary/aromatic N) is 1. The van der Waals surface area contributed by atoms with Crippen molar-refractivity contribution in [3.8, 4) is 0 Å². The van der Waals surface area contributed by atoms with Crippen molar-refractivity contribution in [1.29, 1.82) is 0 Å². The third-order valence-electron chi connectivity index (χ3n) is 4.15. The molecule has 116 valence electrons. The lowest BCUT2D eigenvalue weighted by molar-refractivity contribution is 0.103. The maximum Gasteiger partial charge on any atom is 0.196 e. The fraction of sp³-hybridized carbons (Fsp3) is 0.353. The summed E-state index contributed by atoms with van der Waals surface area (Å²) in [4.78, 5) is 15.1. The van der Waals surface area contributed by atoms with Gasteiger partial charge in [0.25, 0.3) is 0 Å². The number of anilines is 2. The van der Waals surface area contributed by atoms with E-state index in [0.29, 0.717) is 21.2 Å². The molecule has 0 amide bonds. The van der Waals surface area contributed by atoms with Gasteiger partial charge in [-0.3, -0.25) is 4.79 Å². The van der Waals surface area contributed by atoms with Gasteiger partial charge in [-0.25, -0.2) is 0 Å². The number of piperidine rings is 1.